The van der Waals surface area contributed by atoms with E-state index in [1.807, 2.05) is 24.3 Å². The molecule has 0 amide bonds. The summed E-state index contributed by atoms with van der Waals surface area (Å²) in [5, 5.41) is 12.6. The Labute approximate surface area is 126 Å². The summed E-state index contributed by atoms with van der Waals surface area (Å²) in [6, 6.07) is 8.40. The molecule has 2 bridgehead atoms. The molecule has 0 saturated heterocycles. The molecule has 0 aromatic heterocycles. The molecule has 0 aliphatic heterocycles. The van der Waals surface area contributed by atoms with Crippen molar-refractivity contribution < 1.29 is 9.90 Å². The van der Waals surface area contributed by atoms with Crippen molar-refractivity contribution in [1.82, 2.24) is 5.32 Å². The summed E-state index contributed by atoms with van der Waals surface area (Å²) in [5.41, 5.74) is 2.05. The average Bonchev–Trinajstić information content (AvgIpc) is 3.08. The molecule has 3 nitrogen and oxygen atoms in total. The summed E-state index contributed by atoms with van der Waals surface area (Å²) in [4.78, 5) is 10.9. The number of carbonyl (C=O) groups is 1. The summed E-state index contributed by atoms with van der Waals surface area (Å²) in [7, 11) is 0. The summed E-state index contributed by atoms with van der Waals surface area (Å²) >= 11 is 0. The molecule has 21 heavy (non-hydrogen) atoms. The zero-order valence-electron chi connectivity index (χ0n) is 12.7. The molecule has 2 fully saturated rings. The van der Waals surface area contributed by atoms with Gasteiger partial charge in [-0.3, -0.25) is 4.79 Å². The maximum Gasteiger partial charge on any atom is 0.307 e. The van der Waals surface area contributed by atoms with Gasteiger partial charge in [-0.2, -0.15) is 0 Å². The fourth-order valence-electron chi connectivity index (χ4n) is 4.39. The topological polar surface area (TPSA) is 49.3 Å². The monoisotopic (exact) mass is 287 g/mol. The van der Waals surface area contributed by atoms with Crippen LogP contribution in [0.4, 0.5) is 0 Å². The number of benzene rings is 1. The van der Waals surface area contributed by atoms with Gasteiger partial charge in [0.15, 0.2) is 0 Å². The molecule has 2 aliphatic carbocycles. The highest BCUT2D eigenvalue weighted by atomic mass is 16.4. The molecule has 2 N–H and O–H groups in total. The van der Waals surface area contributed by atoms with Crippen LogP contribution in [-0.4, -0.2) is 17.1 Å². The maximum atomic E-state index is 10.9. The van der Waals surface area contributed by atoms with Crippen molar-refractivity contribution in [3.8, 4) is 0 Å². The number of nitrogens with one attached hydrogen (secondary N) is 1. The van der Waals surface area contributed by atoms with Gasteiger partial charge >= 0.3 is 5.97 Å². The quantitative estimate of drug-likeness (QED) is 0.844. The van der Waals surface area contributed by atoms with Gasteiger partial charge in [-0.1, -0.05) is 30.7 Å². The lowest BCUT2D eigenvalue weighted by molar-refractivity contribution is -0.136. The number of fused-ring (bicyclic) bond motifs is 2. The zero-order chi connectivity index (χ0) is 14.8. The third kappa shape index (κ3) is 3.29. The van der Waals surface area contributed by atoms with Crippen LogP contribution < -0.4 is 5.32 Å². The van der Waals surface area contributed by atoms with E-state index in [4.69, 9.17) is 5.11 Å². The second kappa shape index (κ2) is 6.18. The van der Waals surface area contributed by atoms with Crippen LogP contribution in [0.25, 0.3) is 0 Å². The molecule has 4 unspecified atom stereocenters. The van der Waals surface area contributed by atoms with Crippen LogP contribution in [0.15, 0.2) is 24.3 Å². The molecule has 1 aromatic rings. The van der Waals surface area contributed by atoms with E-state index in [9.17, 15) is 4.79 Å². The number of aliphatic carboxylic acids is 1. The van der Waals surface area contributed by atoms with Crippen LogP contribution in [0.2, 0.25) is 0 Å². The lowest BCUT2D eigenvalue weighted by Crippen LogP contribution is -2.36. The molecule has 114 valence electrons. The van der Waals surface area contributed by atoms with E-state index in [-0.39, 0.29) is 6.42 Å². The van der Waals surface area contributed by atoms with E-state index in [0.717, 1.165) is 35.4 Å². The normalized spacial score (nSPS) is 28.7. The van der Waals surface area contributed by atoms with Gasteiger partial charge < -0.3 is 10.4 Å². The van der Waals surface area contributed by atoms with Gasteiger partial charge in [-0.25, -0.2) is 0 Å². The maximum absolute atomic E-state index is 10.9. The second-order valence-corrected chi connectivity index (χ2v) is 6.85. The Morgan fingerprint density at radius 1 is 1.29 bits per heavy atom. The highest BCUT2D eigenvalue weighted by Crippen LogP contribution is 2.49. The van der Waals surface area contributed by atoms with Crippen molar-refractivity contribution in [3.63, 3.8) is 0 Å². The Balaban J connectivity index is 1.58. The van der Waals surface area contributed by atoms with Crippen LogP contribution in [0, 0.1) is 17.8 Å². The third-order valence-corrected chi connectivity index (χ3v) is 5.51. The SMILES string of the molecule is CC(NCc1ccccc1CC(=O)O)C1CC2CCC1C2. The first kappa shape index (κ1) is 14.6. The number of carboxylic acids is 1. The Morgan fingerprint density at radius 3 is 2.67 bits per heavy atom. The lowest BCUT2D eigenvalue weighted by atomic mass is 9.84. The molecule has 1 aromatic carbocycles. The van der Waals surface area contributed by atoms with Crippen molar-refractivity contribution in [2.75, 3.05) is 0 Å². The molecule has 0 heterocycles. The molecule has 3 heteroatoms. The third-order valence-electron chi connectivity index (χ3n) is 5.51. The molecular weight excluding hydrogens is 262 g/mol. The summed E-state index contributed by atoms with van der Waals surface area (Å²) < 4.78 is 0. The van der Waals surface area contributed by atoms with Crippen molar-refractivity contribution >= 4 is 5.97 Å². The fourth-order valence-corrected chi connectivity index (χ4v) is 4.39. The van der Waals surface area contributed by atoms with Crippen LogP contribution >= 0.6 is 0 Å². The highest BCUT2D eigenvalue weighted by molar-refractivity contribution is 5.70. The molecule has 3 rings (SSSR count). The average molecular weight is 287 g/mol. The van der Waals surface area contributed by atoms with Gasteiger partial charge in [-0.05, 0) is 55.1 Å². The minimum atomic E-state index is -0.761. The van der Waals surface area contributed by atoms with Gasteiger partial charge in [0.2, 0.25) is 0 Å². The number of rotatable bonds is 6. The standard InChI is InChI=1S/C18H25NO2/c1-12(17-9-13-6-7-15(17)8-13)19-11-16-5-3-2-4-14(16)10-18(20)21/h2-5,12-13,15,17,19H,6-11H2,1H3,(H,20,21). The van der Waals surface area contributed by atoms with Crippen molar-refractivity contribution in [1.29, 1.82) is 0 Å². The Bertz CT molecular complexity index is 514. The zero-order valence-corrected chi connectivity index (χ0v) is 12.7. The van der Waals surface area contributed by atoms with Crippen molar-refractivity contribution in [3.05, 3.63) is 35.4 Å². The number of hydrogen-bond donors (Lipinski definition) is 2. The van der Waals surface area contributed by atoms with Crippen molar-refractivity contribution in [2.45, 2.75) is 51.6 Å². The Kier molecular flexibility index (Phi) is 4.29. The molecule has 4 atom stereocenters. The number of hydrogen-bond acceptors (Lipinski definition) is 2. The van der Waals surface area contributed by atoms with Gasteiger partial charge in [0.1, 0.15) is 0 Å². The molecule has 2 aliphatic rings. The summed E-state index contributed by atoms with van der Waals surface area (Å²) in [6.45, 7) is 3.07. The highest BCUT2D eigenvalue weighted by Gasteiger charge is 2.41. The minimum absolute atomic E-state index is 0.111. The minimum Gasteiger partial charge on any atom is -0.481 e. The van der Waals surface area contributed by atoms with Gasteiger partial charge in [-0.15, -0.1) is 0 Å². The fraction of sp³-hybridized carbons (Fsp3) is 0.611. The van der Waals surface area contributed by atoms with Crippen LogP contribution in [-0.2, 0) is 17.8 Å². The predicted molar refractivity (Wildman–Crippen MR) is 83.0 cm³/mol. The summed E-state index contributed by atoms with van der Waals surface area (Å²) in [6.07, 6.45) is 5.79. The van der Waals surface area contributed by atoms with E-state index < -0.39 is 5.97 Å². The molecule has 0 radical (unpaired) electrons. The molecule has 2 saturated carbocycles. The van der Waals surface area contributed by atoms with Crippen LogP contribution in [0.3, 0.4) is 0 Å². The Hall–Kier alpha value is -1.35. The Morgan fingerprint density at radius 2 is 2.05 bits per heavy atom. The predicted octanol–water partition coefficient (Wildman–Crippen LogP) is 3.23. The second-order valence-electron chi connectivity index (χ2n) is 6.85. The first-order valence-electron chi connectivity index (χ1n) is 8.15. The van der Waals surface area contributed by atoms with E-state index in [2.05, 4.69) is 12.2 Å². The van der Waals surface area contributed by atoms with E-state index >= 15 is 0 Å². The first-order chi connectivity index (χ1) is 10.1. The van der Waals surface area contributed by atoms with Crippen LogP contribution in [0.1, 0.15) is 43.7 Å². The van der Waals surface area contributed by atoms with Crippen LogP contribution in [0.5, 0.6) is 0 Å². The molecular formula is C18H25NO2. The van der Waals surface area contributed by atoms with Crippen molar-refractivity contribution in [2.24, 2.45) is 17.8 Å². The number of carboxylic acid groups (broad SMARTS) is 1. The van der Waals surface area contributed by atoms with E-state index in [1.165, 1.54) is 25.7 Å². The van der Waals surface area contributed by atoms with Gasteiger partial charge in [0.05, 0.1) is 6.42 Å². The van der Waals surface area contributed by atoms with Gasteiger partial charge in [0.25, 0.3) is 0 Å². The lowest BCUT2D eigenvalue weighted by Gasteiger charge is -2.29. The van der Waals surface area contributed by atoms with E-state index in [1.54, 1.807) is 0 Å². The largest absolute Gasteiger partial charge is 0.481 e. The van der Waals surface area contributed by atoms with Gasteiger partial charge in [0, 0.05) is 12.6 Å². The first-order valence-corrected chi connectivity index (χ1v) is 8.15. The smallest absolute Gasteiger partial charge is 0.307 e. The summed E-state index contributed by atoms with van der Waals surface area (Å²) in [5.74, 6) is 1.95. The molecule has 0 spiro atoms. The van der Waals surface area contributed by atoms with E-state index in [0.29, 0.717) is 6.04 Å².